The van der Waals surface area contributed by atoms with Gasteiger partial charge in [-0.15, -0.1) is 12.4 Å². The van der Waals surface area contributed by atoms with Crippen LogP contribution in [0.4, 0.5) is 0 Å². The van der Waals surface area contributed by atoms with Gasteiger partial charge in [0.05, 0.1) is 7.11 Å². The van der Waals surface area contributed by atoms with E-state index in [2.05, 4.69) is 22.5 Å². The summed E-state index contributed by atoms with van der Waals surface area (Å²) in [5.74, 6) is 1.18. The van der Waals surface area contributed by atoms with Gasteiger partial charge in [-0.1, -0.05) is 31.9 Å². The van der Waals surface area contributed by atoms with E-state index in [9.17, 15) is 9.59 Å². The maximum absolute atomic E-state index is 14.0. The molecule has 1 aromatic carbocycles. The minimum Gasteiger partial charge on any atom is -0.497 e. The number of hydrogen-bond acceptors (Lipinski definition) is 6. The fraction of sp³-hybridized carbons (Fsp3) is 0.704. The molecular formula is C27H42ClN3O3. The number of ether oxygens (including phenoxy) is 1. The van der Waals surface area contributed by atoms with Crippen LogP contribution in [0.1, 0.15) is 57.4 Å². The fourth-order valence-electron chi connectivity index (χ4n) is 6.21. The Kier molecular flexibility index (Phi) is 9.56. The Morgan fingerprint density at radius 2 is 1.85 bits per heavy atom. The van der Waals surface area contributed by atoms with E-state index in [0.717, 1.165) is 82.7 Å². The number of benzene rings is 1. The van der Waals surface area contributed by atoms with Crippen molar-refractivity contribution < 1.29 is 14.3 Å². The van der Waals surface area contributed by atoms with Gasteiger partial charge in [-0.05, 0) is 56.5 Å². The second-order valence-corrected chi connectivity index (χ2v) is 10.6. The third kappa shape index (κ3) is 6.20. The molecule has 4 rings (SSSR count). The molecule has 0 radical (unpaired) electrons. The number of methoxy groups -OCH3 is 1. The van der Waals surface area contributed by atoms with Gasteiger partial charge in [0.2, 0.25) is 0 Å². The smallest absolute Gasteiger partial charge is 0.144 e. The summed E-state index contributed by atoms with van der Waals surface area (Å²) >= 11 is 0. The number of unbranched alkanes of at least 4 members (excludes halogenated alkanes) is 1. The van der Waals surface area contributed by atoms with Crippen molar-refractivity contribution in [2.75, 3.05) is 46.4 Å². The Morgan fingerprint density at radius 3 is 2.47 bits per heavy atom. The topological polar surface area (TPSA) is 70.7 Å². The molecule has 2 aliphatic heterocycles. The molecule has 3 fully saturated rings. The summed E-state index contributed by atoms with van der Waals surface area (Å²) in [6.45, 7) is 7.99. The molecule has 0 aromatic heterocycles. The number of piperidine rings is 1. The van der Waals surface area contributed by atoms with Crippen molar-refractivity contribution in [2.24, 2.45) is 11.3 Å². The van der Waals surface area contributed by atoms with Crippen LogP contribution in [-0.4, -0.2) is 68.4 Å². The molecule has 0 unspecified atom stereocenters. The number of nitrogens with zero attached hydrogens (tertiary/aromatic N) is 1. The lowest BCUT2D eigenvalue weighted by molar-refractivity contribution is -0.146. The summed E-state index contributed by atoms with van der Waals surface area (Å²) in [6.07, 6.45) is 6.52. The molecule has 1 saturated carbocycles. The maximum atomic E-state index is 14.0. The van der Waals surface area contributed by atoms with Gasteiger partial charge >= 0.3 is 0 Å². The predicted octanol–water partition coefficient (Wildman–Crippen LogP) is 3.41. The van der Waals surface area contributed by atoms with Crippen LogP contribution in [0, 0.1) is 11.3 Å². The SMILES string of the molecule is CCCC[C@@]1(CN2CCC3(CC2)CNCCN3)CC(=O)C[C@H](Cc2ccc(OC)cc2)C1=O.Cl. The van der Waals surface area contributed by atoms with E-state index < -0.39 is 5.41 Å². The average Bonchev–Trinajstić information content (AvgIpc) is 2.83. The zero-order valence-electron chi connectivity index (χ0n) is 20.9. The van der Waals surface area contributed by atoms with Crippen LogP contribution in [0.2, 0.25) is 0 Å². The van der Waals surface area contributed by atoms with Crippen molar-refractivity contribution in [3.8, 4) is 5.75 Å². The summed E-state index contributed by atoms with van der Waals surface area (Å²) in [5.41, 5.74) is 0.781. The van der Waals surface area contributed by atoms with Crippen molar-refractivity contribution in [1.29, 1.82) is 0 Å². The summed E-state index contributed by atoms with van der Waals surface area (Å²) in [7, 11) is 1.66. The number of ketones is 2. The third-order valence-electron chi connectivity index (χ3n) is 8.16. The molecule has 1 aromatic rings. The molecular weight excluding hydrogens is 450 g/mol. The zero-order valence-corrected chi connectivity index (χ0v) is 21.7. The van der Waals surface area contributed by atoms with Crippen LogP contribution < -0.4 is 15.4 Å². The molecule has 6 nitrogen and oxygen atoms in total. The molecule has 1 aliphatic carbocycles. The number of carbonyl (C=O) groups excluding carboxylic acids is 2. The number of likely N-dealkylation sites (tertiary alicyclic amines) is 1. The second-order valence-electron chi connectivity index (χ2n) is 10.6. The summed E-state index contributed by atoms with van der Waals surface area (Å²) in [6, 6.07) is 7.92. The quantitative estimate of drug-likeness (QED) is 0.580. The molecule has 2 atom stereocenters. The first-order valence-electron chi connectivity index (χ1n) is 12.8. The van der Waals surface area contributed by atoms with E-state index in [4.69, 9.17) is 4.74 Å². The number of hydrogen-bond donors (Lipinski definition) is 2. The first kappa shape index (κ1) is 27.1. The van der Waals surface area contributed by atoms with Crippen LogP contribution >= 0.6 is 12.4 Å². The van der Waals surface area contributed by atoms with Crippen LogP contribution in [0.3, 0.4) is 0 Å². The lowest BCUT2D eigenvalue weighted by Gasteiger charge is -2.48. The second kappa shape index (κ2) is 12.0. The molecule has 1 spiro atoms. The minimum atomic E-state index is -0.523. The molecule has 2 saturated heterocycles. The van der Waals surface area contributed by atoms with Gasteiger partial charge in [-0.3, -0.25) is 9.59 Å². The van der Waals surface area contributed by atoms with Crippen molar-refractivity contribution in [2.45, 2.75) is 63.8 Å². The van der Waals surface area contributed by atoms with Crippen molar-refractivity contribution >= 4 is 24.0 Å². The highest BCUT2D eigenvalue weighted by atomic mass is 35.5. The van der Waals surface area contributed by atoms with Crippen molar-refractivity contribution in [3.05, 3.63) is 29.8 Å². The van der Waals surface area contributed by atoms with Crippen LogP contribution in [-0.2, 0) is 16.0 Å². The molecule has 2 heterocycles. The zero-order chi connectivity index (χ0) is 23.3. The van der Waals surface area contributed by atoms with Gasteiger partial charge in [0.25, 0.3) is 0 Å². The average molecular weight is 492 g/mol. The van der Waals surface area contributed by atoms with Gasteiger partial charge in [0, 0.05) is 55.9 Å². The summed E-state index contributed by atoms with van der Waals surface area (Å²) < 4.78 is 5.27. The fourth-order valence-corrected chi connectivity index (χ4v) is 6.21. The minimum absolute atomic E-state index is 0. The molecule has 2 N–H and O–H groups in total. The van der Waals surface area contributed by atoms with Gasteiger partial charge in [0.15, 0.2) is 0 Å². The number of rotatable bonds is 8. The monoisotopic (exact) mass is 491 g/mol. The highest BCUT2D eigenvalue weighted by molar-refractivity contribution is 5.99. The molecule has 0 amide bonds. The number of piperazine rings is 1. The molecule has 0 bridgehead atoms. The Bertz CT molecular complexity index is 815. The molecule has 3 aliphatic rings. The highest BCUT2D eigenvalue weighted by Gasteiger charge is 2.49. The maximum Gasteiger partial charge on any atom is 0.144 e. The lowest BCUT2D eigenvalue weighted by Crippen LogP contribution is -2.64. The number of halogens is 1. The standard InChI is InChI=1S/C27H41N3O3.ClH/c1-3-4-9-26(20-30-14-10-27(11-15-30)19-28-12-13-29-27)18-23(31)17-22(25(26)32)16-21-5-7-24(33-2)8-6-21;/h5-8,22,28-29H,3-4,9-20H2,1-2H3;1H/t22-,26-;/m0./s1. The van der Waals surface area contributed by atoms with Crippen LogP contribution in [0.5, 0.6) is 5.75 Å². The van der Waals surface area contributed by atoms with E-state index in [-0.39, 0.29) is 29.6 Å². The Labute approximate surface area is 211 Å². The Hall–Kier alpha value is -1.47. The van der Waals surface area contributed by atoms with Crippen molar-refractivity contribution in [3.63, 3.8) is 0 Å². The molecule has 190 valence electrons. The van der Waals surface area contributed by atoms with Gasteiger partial charge in [-0.25, -0.2) is 0 Å². The molecule has 7 heteroatoms. The van der Waals surface area contributed by atoms with E-state index in [1.807, 2.05) is 24.3 Å². The van der Waals surface area contributed by atoms with E-state index >= 15 is 0 Å². The van der Waals surface area contributed by atoms with Gasteiger partial charge in [0.1, 0.15) is 17.3 Å². The lowest BCUT2D eigenvalue weighted by atomic mass is 9.64. The van der Waals surface area contributed by atoms with Crippen molar-refractivity contribution in [1.82, 2.24) is 15.5 Å². The number of carbonyl (C=O) groups is 2. The number of nitrogens with one attached hydrogen (secondary N) is 2. The summed E-state index contributed by atoms with van der Waals surface area (Å²) in [4.78, 5) is 29.4. The van der Waals surface area contributed by atoms with Gasteiger partial charge < -0.3 is 20.3 Å². The highest BCUT2D eigenvalue weighted by Crippen LogP contribution is 2.41. The van der Waals surface area contributed by atoms with Crippen LogP contribution in [0.25, 0.3) is 0 Å². The first-order chi connectivity index (χ1) is 16.0. The van der Waals surface area contributed by atoms with Crippen LogP contribution in [0.15, 0.2) is 24.3 Å². The predicted molar refractivity (Wildman–Crippen MR) is 138 cm³/mol. The largest absolute Gasteiger partial charge is 0.497 e. The van der Waals surface area contributed by atoms with E-state index in [1.54, 1.807) is 7.11 Å². The Morgan fingerprint density at radius 1 is 1.12 bits per heavy atom. The van der Waals surface area contributed by atoms with Gasteiger partial charge in [-0.2, -0.15) is 0 Å². The van der Waals surface area contributed by atoms with E-state index in [0.29, 0.717) is 25.0 Å². The third-order valence-corrected chi connectivity index (χ3v) is 8.16. The first-order valence-corrected chi connectivity index (χ1v) is 12.8. The number of Topliss-reactive ketones (excluding diaryl/α,β-unsaturated/α-hetero) is 2. The normalized spacial score (nSPS) is 27.4. The summed E-state index contributed by atoms with van der Waals surface area (Å²) in [5, 5.41) is 7.28. The molecule has 34 heavy (non-hydrogen) atoms. The Balaban J connectivity index is 0.00000324. The van der Waals surface area contributed by atoms with E-state index in [1.165, 1.54) is 0 Å².